The highest BCUT2D eigenvalue weighted by Crippen LogP contribution is 2.14. The lowest BCUT2D eigenvalue weighted by molar-refractivity contribution is 0.0944. The van der Waals surface area contributed by atoms with Crippen LogP contribution >= 0.6 is 15.9 Å². The number of carbonyl (C=O) groups is 1. The Bertz CT molecular complexity index is 565. The number of hydrogen-bond acceptors (Lipinski definition) is 2. The predicted octanol–water partition coefficient (Wildman–Crippen LogP) is 2.25. The van der Waals surface area contributed by atoms with E-state index in [2.05, 4.69) is 26.3 Å². The highest BCUT2D eigenvalue weighted by molar-refractivity contribution is 9.10. The first-order valence-corrected chi connectivity index (χ1v) is 6.07. The molecule has 0 fully saturated rings. The number of aryl methyl sites for hydroxylation is 1. The Kier molecular flexibility index (Phi) is 3.76. The third-order valence-corrected chi connectivity index (χ3v) is 2.95. The van der Waals surface area contributed by atoms with Gasteiger partial charge >= 0.3 is 0 Å². The van der Waals surface area contributed by atoms with Gasteiger partial charge in [0.05, 0.1) is 4.47 Å². The Balaban J connectivity index is 2.00. The molecule has 18 heavy (non-hydrogen) atoms. The minimum Gasteiger partial charge on any atom is -0.347 e. The lowest BCUT2D eigenvalue weighted by atomic mass is 10.2. The molecule has 2 aromatic rings. The van der Waals surface area contributed by atoms with Gasteiger partial charge in [0.15, 0.2) is 5.69 Å². The first-order chi connectivity index (χ1) is 8.56. The van der Waals surface area contributed by atoms with Crippen LogP contribution in [0, 0.1) is 5.82 Å². The number of aromatic nitrogens is 2. The standard InChI is InChI=1S/C12H11BrFN3O/c1-17-7-10(13)11(16-17)12(18)15-6-8-2-4-9(14)5-3-8/h2-5,7H,6H2,1H3,(H,15,18). The number of nitrogens with zero attached hydrogens (tertiary/aromatic N) is 2. The van der Waals surface area contributed by atoms with Crippen molar-refractivity contribution in [1.29, 1.82) is 0 Å². The summed E-state index contributed by atoms with van der Waals surface area (Å²) < 4.78 is 14.9. The molecule has 0 aliphatic rings. The van der Waals surface area contributed by atoms with Crippen LogP contribution < -0.4 is 5.32 Å². The zero-order valence-electron chi connectivity index (χ0n) is 9.65. The number of hydrogen-bond donors (Lipinski definition) is 1. The van der Waals surface area contributed by atoms with E-state index in [4.69, 9.17) is 0 Å². The van der Waals surface area contributed by atoms with Gasteiger partial charge < -0.3 is 5.32 Å². The smallest absolute Gasteiger partial charge is 0.273 e. The van der Waals surface area contributed by atoms with E-state index in [1.54, 1.807) is 30.1 Å². The van der Waals surface area contributed by atoms with Crippen LogP contribution in [0.3, 0.4) is 0 Å². The van der Waals surface area contributed by atoms with E-state index in [0.717, 1.165) is 5.56 Å². The Morgan fingerprint density at radius 2 is 2.11 bits per heavy atom. The minimum absolute atomic E-state index is 0.271. The van der Waals surface area contributed by atoms with Crippen LogP contribution in [0.4, 0.5) is 4.39 Å². The van der Waals surface area contributed by atoms with Crippen LogP contribution in [0.2, 0.25) is 0 Å². The van der Waals surface area contributed by atoms with E-state index in [0.29, 0.717) is 16.7 Å². The molecule has 4 nitrogen and oxygen atoms in total. The van der Waals surface area contributed by atoms with E-state index in [1.807, 2.05) is 0 Å². The van der Waals surface area contributed by atoms with Crippen LogP contribution in [0.15, 0.2) is 34.9 Å². The van der Waals surface area contributed by atoms with Crippen molar-refractivity contribution in [3.63, 3.8) is 0 Å². The quantitative estimate of drug-likeness (QED) is 0.945. The molecule has 0 saturated carbocycles. The van der Waals surface area contributed by atoms with Crippen LogP contribution in [-0.4, -0.2) is 15.7 Å². The molecular weight excluding hydrogens is 301 g/mol. The third-order valence-electron chi connectivity index (χ3n) is 2.37. The first kappa shape index (κ1) is 12.8. The van der Waals surface area contributed by atoms with E-state index in [9.17, 15) is 9.18 Å². The lowest BCUT2D eigenvalue weighted by Crippen LogP contribution is -2.23. The summed E-state index contributed by atoms with van der Waals surface area (Å²) in [7, 11) is 1.74. The van der Waals surface area contributed by atoms with Gasteiger partial charge in [0.1, 0.15) is 5.82 Å². The number of rotatable bonds is 3. The van der Waals surface area contributed by atoms with Crippen LogP contribution in [0.5, 0.6) is 0 Å². The monoisotopic (exact) mass is 311 g/mol. The van der Waals surface area contributed by atoms with Crippen molar-refractivity contribution >= 4 is 21.8 Å². The van der Waals surface area contributed by atoms with Crippen molar-refractivity contribution < 1.29 is 9.18 Å². The fourth-order valence-corrected chi connectivity index (χ4v) is 2.04. The van der Waals surface area contributed by atoms with Crippen molar-refractivity contribution in [2.24, 2.45) is 7.05 Å². The summed E-state index contributed by atoms with van der Waals surface area (Å²) in [6, 6.07) is 5.97. The van der Waals surface area contributed by atoms with Gasteiger partial charge in [-0.2, -0.15) is 5.10 Å². The second-order valence-corrected chi connectivity index (χ2v) is 4.66. The molecule has 0 saturated heterocycles. The summed E-state index contributed by atoms with van der Waals surface area (Å²) in [5.74, 6) is -0.565. The van der Waals surface area contributed by atoms with Crippen molar-refractivity contribution in [3.05, 3.63) is 52.0 Å². The summed E-state index contributed by atoms with van der Waals surface area (Å²) in [4.78, 5) is 11.8. The summed E-state index contributed by atoms with van der Waals surface area (Å²) >= 11 is 3.26. The largest absolute Gasteiger partial charge is 0.347 e. The van der Waals surface area contributed by atoms with Crippen LogP contribution in [0.1, 0.15) is 16.1 Å². The molecule has 0 atom stereocenters. The molecule has 1 amide bonds. The predicted molar refractivity (Wildman–Crippen MR) is 68.5 cm³/mol. The Hall–Kier alpha value is -1.69. The van der Waals surface area contributed by atoms with Gasteiger partial charge in [-0.05, 0) is 33.6 Å². The van der Waals surface area contributed by atoms with E-state index < -0.39 is 0 Å². The maximum Gasteiger partial charge on any atom is 0.273 e. The lowest BCUT2D eigenvalue weighted by Gasteiger charge is -2.03. The van der Waals surface area contributed by atoms with E-state index >= 15 is 0 Å². The molecule has 2 rings (SSSR count). The topological polar surface area (TPSA) is 46.9 Å². The molecule has 0 aliphatic carbocycles. The average molecular weight is 312 g/mol. The summed E-state index contributed by atoms with van der Waals surface area (Å²) in [6.07, 6.45) is 1.70. The SMILES string of the molecule is Cn1cc(Br)c(C(=O)NCc2ccc(F)cc2)n1. The summed E-state index contributed by atoms with van der Waals surface area (Å²) in [5.41, 5.74) is 1.16. The number of nitrogens with one attached hydrogen (secondary N) is 1. The van der Waals surface area contributed by atoms with Gasteiger partial charge in [-0.1, -0.05) is 12.1 Å². The van der Waals surface area contributed by atoms with Crippen molar-refractivity contribution in [2.45, 2.75) is 6.54 Å². The molecule has 0 unspecified atom stereocenters. The van der Waals surface area contributed by atoms with Crippen molar-refractivity contribution in [1.82, 2.24) is 15.1 Å². The Morgan fingerprint density at radius 3 is 2.67 bits per heavy atom. The molecule has 0 radical (unpaired) electrons. The van der Waals surface area contributed by atoms with Gasteiger partial charge in [0, 0.05) is 19.8 Å². The maximum absolute atomic E-state index is 12.7. The molecule has 1 aromatic heterocycles. The fraction of sp³-hybridized carbons (Fsp3) is 0.167. The maximum atomic E-state index is 12.7. The van der Waals surface area contributed by atoms with Crippen LogP contribution in [0.25, 0.3) is 0 Å². The molecule has 0 aliphatic heterocycles. The number of amides is 1. The summed E-state index contributed by atoms with van der Waals surface area (Å²) in [5, 5.41) is 6.76. The molecule has 0 bridgehead atoms. The zero-order valence-corrected chi connectivity index (χ0v) is 11.2. The average Bonchev–Trinajstić information content (AvgIpc) is 2.67. The van der Waals surface area contributed by atoms with Crippen molar-refractivity contribution in [2.75, 3.05) is 0 Å². The van der Waals surface area contributed by atoms with Gasteiger partial charge in [0.25, 0.3) is 5.91 Å². The van der Waals surface area contributed by atoms with E-state index in [1.165, 1.54) is 12.1 Å². The third kappa shape index (κ3) is 2.95. The number of carbonyl (C=O) groups excluding carboxylic acids is 1. The first-order valence-electron chi connectivity index (χ1n) is 5.28. The number of benzene rings is 1. The molecule has 6 heteroatoms. The number of halogens is 2. The minimum atomic E-state index is -0.294. The summed E-state index contributed by atoms with van der Waals surface area (Å²) in [6.45, 7) is 0.335. The van der Waals surface area contributed by atoms with Gasteiger partial charge in [0.2, 0.25) is 0 Å². The second-order valence-electron chi connectivity index (χ2n) is 3.81. The second kappa shape index (κ2) is 5.30. The van der Waals surface area contributed by atoms with Crippen molar-refractivity contribution in [3.8, 4) is 0 Å². The molecule has 1 N–H and O–H groups in total. The molecular formula is C12H11BrFN3O. The van der Waals surface area contributed by atoms with Gasteiger partial charge in [-0.25, -0.2) is 4.39 Å². The normalized spacial score (nSPS) is 10.4. The van der Waals surface area contributed by atoms with Gasteiger partial charge in [-0.3, -0.25) is 9.48 Å². The Morgan fingerprint density at radius 1 is 1.44 bits per heavy atom. The molecule has 1 heterocycles. The van der Waals surface area contributed by atoms with Gasteiger partial charge in [-0.15, -0.1) is 0 Å². The molecule has 0 spiro atoms. The zero-order chi connectivity index (χ0) is 13.1. The molecule has 1 aromatic carbocycles. The Labute approximate surface area is 112 Å². The molecule has 94 valence electrons. The highest BCUT2D eigenvalue weighted by Gasteiger charge is 2.13. The highest BCUT2D eigenvalue weighted by atomic mass is 79.9. The fourth-order valence-electron chi connectivity index (χ4n) is 1.48. The van der Waals surface area contributed by atoms with Crippen LogP contribution in [-0.2, 0) is 13.6 Å². The van der Waals surface area contributed by atoms with E-state index in [-0.39, 0.29) is 11.7 Å².